The van der Waals surface area contributed by atoms with Gasteiger partial charge in [0.05, 0.1) is 28.9 Å². The van der Waals surface area contributed by atoms with Crippen molar-refractivity contribution in [3.05, 3.63) is 105 Å². The third kappa shape index (κ3) is 4.95. The summed E-state index contributed by atoms with van der Waals surface area (Å²) in [6, 6.07) is 23.7. The molecule has 5 rings (SSSR count). The number of hydrogen-bond acceptors (Lipinski definition) is 6. The summed E-state index contributed by atoms with van der Waals surface area (Å²) in [5.74, 6) is -0.285. The van der Waals surface area contributed by atoms with Crippen molar-refractivity contribution >= 4 is 16.7 Å². The van der Waals surface area contributed by atoms with Crippen LogP contribution in [0.3, 0.4) is 0 Å². The minimum atomic E-state index is -0.285. The SMILES string of the molecule is CC[C@H]1CN(C(c2ccc(F)cc2)c2ccc(C#N)cc2)[C@H](CC)CN1c1cc(=O)n(C)c2ccc(C#N)nc12. The lowest BCUT2D eigenvalue weighted by molar-refractivity contribution is 0.111. The molecule has 4 aromatic rings. The van der Waals surface area contributed by atoms with Gasteiger partial charge in [-0.3, -0.25) is 9.69 Å². The molecule has 0 saturated carbocycles. The Morgan fingerprint density at radius 3 is 2.17 bits per heavy atom. The first kappa shape index (κ1) is 27.1. The highest BCUT2D eigenvalue weighted by Gasteiger charge is 2.38. The van der Waals surface area contributed by atoms with E-state index in [4.69, 9.17) is 0 Å². The lowest BCUT2D eigenvalue weighted by Gasteiger charge is -2.50. The van der Waals surface area contributed by atoms with Gasteiger partial charge in [0.25, 0.3) is 5.56 Å². The number of rotatable bonds is 6. The molecular weight excluding hydrogens is 503 g/mol. The number of nitriles is 2. The van der Waals surface area contributed by atoms with Gasteiger partial charge in [0, 0.05) is 38.3 Å². The van der Waals surface area contributed by atoms with E-state index in [2.05, 4.69) is 40.8 Å². The first-order chi connectivity index (χ1) is 19.4. The highest BCUT2D eigenvalue weighted by molar-refractivity contribution is 5.89. The summed E-state index contributed by atoms with van der Waals surface area (Å²) in [6.07, 6.45) is 1.67. The van der Waals surface area contributed by atoms with Crippen molar-refractivity contribution in [3.63, 3.8) is 0 Å². The van der Waals surface area contributed by atoms with E-state index in [1.165, 1.54) is 12.1 Å². The zero-order valence-electron chi connectivity index (χ0n) is 22.9. The van der Waals surface area contributed by atoms with E-state index in [-0.39, 0.29) is 29.5 Å². The van der Waals surface area contributed by atoms with Gasteiger partial charge in [-0.15, -0.1) is 0 Å². The molecule has 1 aliphatic heterocycles. The first-order valence-electron chi connectivity index (χ1n) is 13.6. The number of nitrogens with zero attached hydrogens (tertiary/aromatic N) is 6. The molecular formula is C32H31FN6O. The summed E-state index contributed by atoms with van der Waals surface area (Å²) in [6.45, 7) is 5.64. The van der Waals surface area contributed by atoms with Crippen LogP contribution in [0.4, 0.5) is 10.1 Å². The molecule has 40 heavy (non-hydrogen) atoms. The Morgan fingerprint density at radius 2 is 1.57 bits per heavy atom. The van der Waals surface area contributed by atoms with E-state index < -0.39 is 0 Å². The molecule has 1 fully saturated rings. The maximum Gasteiger partial charge on any atom is 0.252 e. The van der Waals surface area contributed by atoms with Gasteiger partial charge in [-0.1, -0.05) is 38.1 Å². The van der Waals surface area contributed by atoms with Crippen molar-refractivity contribution in [1.82, 2.24) is 14.5 Å². The van der Waals surface area contributed by atoms with Crippen LogP contribution >= 0.6 is 0 Å². The molecule has 3 atom stereocenters. The highest BCUT2D eigenvalue weighted by Crippen LogP contribution is 2.37. The normalized spacial score (nSPS) is 18.3. The van der Waals surface area contributed by atoms with Gasteiger partial charge in [0.15, 0.2) is 0 Å². The van der Waals surface area contributed by atoms with Gasteiger partial charge >= 0.3 is 0 Å². The Bertz CT molecular complexity index is 1670. The maximum absolute atomic E-state index is 13.9. The Hall–Kier alpha value is -4.53. The number of anilines is 1. The fourth-order valence-corrected chi connectivity index (χ4v) is 5.85. The van der Waals surface area contributed by atoms with Gasteiger partial charge in [0.1, 0.15) is 23.1 Å². The number of piperazine rings is 1. The van der Waals surface area contributed by atoms with Crippen LogP contribution in [0.5, 0.6) is 0 Å². The van der Waals surface area contributed by atoms with Crippen LogP contribution in [0.25, 0.3) is 11.0 Å². The molecule has 2 aromatic carbocycles. The monoisotopic (exact) mass is 534 g/mol. The second-order valence-electron chi connectivity index (χ2n) is 10.3. The average Bonchev–Trinajstić information content (AvgIpc) is 2.99. The molecule has 7 nitrogen and oxygen atoms in total. The molecule has 0 radical (unpaired) electrons. The average molecular weight is 535 g/mol. The molecule has 0 spiro atoms. The van der Waals surface area contributed by atoms with Crippen LogP contribution in [0.15, 0.2) is 71.5 Å². The minimum absolute atomic E-state index is 0.0620. The predicted molar refractivity (Wildman–Crippen MR) is 153 cm³/mol. The molecule has 0 N–H and O–H groups in total. The van der Waals surface area contributed by atoms with Gasteiger partial charge in [-0.05, 0) is 60.4 Å². The third-order valence-corrected chi connectivity index (χ3v) is 8.05. The molecule has 1 saturated heterocycles. The smallest absolute Gasteiger partial charge is 0.252 e. The number of benzene rings is 2. The summed E-state index contributed by atoms with van der Waals surface area (Å²) >= 11 is 0. The van der Waals surface area contributed by atoms with E-state index in [9.17, 15) is 19.7 Å². The van der Waals surface area contributed by atoms with E-state index in [1.54, 1.807) is 29.8 Å². The molecule has 1 unspecified atom stereocenters. The second kappa shape index (κ2) is 11.3. The van der Waals surface area contributed by atoms with Crippen LogP contribution in [0, 0.1) is 28.5 Å². The molecule has 0 amide bonds. The zero-order valence-corrected chi connectivity index (χ0v) is 22.9. The van der Waals surface area contributed by atoms with Crippen molar-refractivity contribution in [1.29, 1.82) is 10.5 Å². The van der Waals surface area contributed by atoms with Crippen molar-refractivity contribution in [2.45, 2.75) is 44.8 Å². The molecule has 2 aromatic heterocycles. The Balaban J connectivity index is 1.61. The summed E-state index contributed by atoms with van der Waals surface area (Å²) in [7, 11) is 1.72. The van der Waals surface area contributed by atoms with Crippen molar-refractivity contribution in [2.75, 3.05) is 18.0 Å². The predicted octanol–water partition coefficient (Wildman–Crippen LogP) is 5.28. The molecule has 1 aliphatic rings. The van der Waals surface area contributed by atoms with Crippen LogP contribution in [-0.4, -0.2) is 39.6 Å². The summed E-state index contributed by atoms with van der Waals surface area (Å²) in [5.41, 5.74) is 4.87. The summed E-state index contributed by atoms with van der Waals surface area (Å²) < 4.78 is 15.5. The first-order valence-corrected chi connectivity index (χ1v) is 13.6. The minimum Gasteiger partial charge on any atom is -0.364 e. The van der Waals surface area contributed by atoms with Crippen LogP contribution < -0.4 is 10.5 Å². The number of fused-ring (bicyclic) bond motifs is 1. The largest absolute Gasteiger partial charge is 0.364 e. The fourth-order valence-electron chi connectivity index (χ4n) is 5.85. The van der Waals surface area contributed by atoms with Crippen molar-refractivity contribution in [2.24, 2.45) is 7.05 Å². The number of aromatic nitrogens is 2. The maximum atomic E-state index is 13.9. The van der Waals surface area contributed by atoms with Gasteiger partial charge in [-0.2, -0.15) is 10.5 Å². The third-order valence-electron chi connectivity index (χ3n) is 8.05. The number of halogens is 1. The zero-order chi connectivity index (χ0) is 28.4. The van der Waals surface area contributed by atoms with E-state index in [0.717, 1.165) is 29.7 Å². The fraction of sp³-hybridized carbons (Fsp3) is 0.312. The Labute approximate surface area is 233 Å². The van der Waals surface area contributed by atoms with Crippen LogP contribution in [-0.2, 0) is 7.05 Å². The number of aryl methyl sites for hydroxylation is 1. The molecule has 0 aliphatic carbocycles. The second-order valence-corrected chi connectivity index (χ2v) is 10.3. The molecule has 8 heteroatoms. The number of hydrogen-bond donors (Lipinski definition) is 0. The standard InChI is InChI=1S/C32H31FN6O/c1-4-26-20-39(32(23-10-12-24(33)13-11-23)22-8-6-21(17-34)7-9-22)27(5-2)19-38(26)29-16-30(40)37(3)28-15-14-25(18-35)36-31(28)29/h6-16,26-27,32H,4-5,19-20H2,1-3H3/t26-,27+,32?/m0/s1. The lowest BCUT2D eigenvalue weighted by atomic mass is 9.91. The molecule has 0 bridgehead atoms. The highest BCUT2D eigenvalue weighted by atomic mass is 19.1. The van der Waals surface area contributed by atoms with Crippen molar-refractivity contribution < 1.29 is 4.39 Å². The van der Waals surface area contributed by atoms with Crippen LogP contribution in [0.2, 0.25) is 0 Å². The van der Waals surface area contributed by atoms with Crippen molar-refractivity contribution in [3.8, 4) is 12.1 Å². The topological polar surface area (TPSA) is 89.0 Å². The van der Waals surface area contributed by atoms with Gasteiger partial charge < -0.3 is 9.47 Å². The molecule has 3 heterocycles. The van der Waals surface area contributed by atoms with E-state index in [0.29, 0.717) is 35.4 Å². The summed E-state index contributed by atoms with van der Waals surface area (Å²) in [4.78, 5) is 22.4. The summed E-state index contributed by atoms with van der Waals surface area (Å²) in [5, 5.41) is 18.9. The van der Waals surface area contributed by atoms with Crippen LogP contribution in [0.1, 0.15) is 55.1 Å². The van der Waals surface area contributed by atoms with Gasteiger partial charge in [-0.25, -0.2) is 9.37 Å². The molecule has 202 valence electrons. The quantitative estimate of drug-likeness (QED) is 0.334. The van der Waals surface area contributed by atoms with E-state index in [1.807, 2.05) is 36.4 Å². The number of pyridine rings is 2. The lowest BCUT2D eigenvalue weighted by Crippen LogP contribution is -2.59. The van der Waals surface area contributed by atoms with E-state index >= 15 is 0 Å². The van der Waals surface area contributed by atoms with Gasteiger partial charge in [0.2, 0.25) is 0 Å². The Kier molecular flexibility index (Phi) is 7.64. The Morgan fingerprint density at radius 1 is 0.925 bits per heavy atom.